The Morgan fingerprint density at radius 3 is 2.75 bits per heavy atom. The van der Waals surface area contributed by atoms with E-state index in [1.54, 1.807) is 6.92 Å². The van der Waals surface area contributed by atoms with Gasteiger partial charge in [0.15, 0.2) is 0 Å². The molecule has 0 heterocycles. The van der Waals surface area contributed by atoms with Gasteiger partial charge >= 0.3 is 0 Å². The second-order valence-electron chi connectivity index (χ2n) is 2.24. The zero-order valence-electron chi connectivity index (χ0n) is 6.41. The fourth-order valence-electron chi connectivity index (χ4n) is 0.776. The number of hydrogen-bond donors (Lipinski definition) is 1. The Balaban J connectivity index is 3.05. The highest BCUT2D eigenvalue weighted by atomic mass is 32.2. The van der Waals surface area contributed by atoms with Gasteiger partial charge in [-0.15, -0.1) is 0 Å². The summed E-state index contributed by atoms with van der Waals surface area (Å²) in [7, 11) is 0. The first kappa shape index (κ1) is 9.31. The molecule has 0 aliphatic heterocycles. The van der Waals surface area contributed by atoms with Gasteiger partial charge in [0.25, 0.3) is 0 Å². The van der Waals surface area contributed by atoms with Crippen molar-refractivity contribution in [3.63, 3.8) is 0 Å². The first-order chi connectivity index (χ1) is 5.65. The molecule has 66 valence electrons. The van der Waals surface area contributed by atoms with Crippen LogP contribution in [-0.4, -0.2) is 4.21 Å². The van der Waals surface area contributed by atoms with E-state index in [4.69, 9.17) is 5.90 Å². The van der Waals surface area contributed by atoms with Crippen molar-refractivity contribution in [3.8, 4) is 0 Å². The summed E-state index contributed by atoms with van der Waals surface area (Å²) in [6.07, 6.45) is 0. The van der Waals surface area contributed by atoms with Crippen LogP contribution in [0, 0.1) is 12.7 Å². The average Bonchev–Trinajstić information content (AvgIpc) is 2.08. The molecule has 0 saturated heterocycles. The third-order valence-corrected chi connectivity index (χ3v) is 2.22. The van der Waals surface area contributed by atoms with E-state index >= 15 is 0 Å². The quantitative estimate of drug-likeness (QED) is 0.707. The van der Waals surface area contributed by atoms with E-state index in [1.165, 1.54) is 18.2 Å². The van der Waals surface area contributed by atoms with Crippen molar-refractivity contribution in [2.24, 2.45) is 5.90 Å². The molecule has 0 fully saturated rings. The summed E-state index contributed by atoms with van der Waals surface area (Å²) in [5, 5.41) is 0. The molecule has 1 atom stereocenters. The summed E-state index contributed by atoms with van der Waals surface area (Å²) in [6.45, 7) is 1.58. The van der Waals surface area contributed by atoms with Gasteiger partial charge in [-0.3, -0.25) is 0 Å². The number of aryl methyl sites for hydroxylation is 1. The van der Waals surface area contributed by atoms with E-state index in [0.29, 0.717) is 10.5 Å². The molecule has 0 amide bonds. The first-order valence-electron chi connectivity index (χ1n) is 3.20. The smallest absolute Gasteiger partial charge is 0.206 e. The predicted octanol–water partition coefficient (Wildman–Crippen LogP) is 1.05. The molecule has 1 aromatic rings. The lowest BCUT2D eigenvalue weighted by molar-refractivity contribution is 0.367. The van der Waals surface area contributed by atoms with E-state index in [-0.39, 0.29) is 5.82 Å². The van der Waals surface area contributed by atoms with Crippen molar-refractivity contribution in [1.29, 1.82) is 0 Å². The molecule has 1 rings (SSSR count). The van der Waals surface area contributed by atoms with Gasteiger partial charge in [-0.2, -0.15) is 10.2 Å². The summed E-state index contributed by atoms with van der Waals surface area (Å²) in [6, 6.07) is 4.02. The van der Waals surface area contributed by atoms with Gasteiger partial charge in [0.2, 0.25) is 11.1 Å². The highest BCUT2D eigenvalue weighted by Crippen LogP contribution is 2.12. The van der Waals surface area contributed by atoms with Gasteiger partial charge in [0, 0.05) is 0 Å². The van der Waals surface area contributed by atoms with Gasteiger partial charge in [0.05, 0.1) is 4.90 Å². The molecule has 0 spiro atoms. The molecular weight excluding hydrogens is 181 g/mol. The maximum atomic E-state index is 12.7. The van der Waals surface area contributed by atoms with Crippen LogP contribution in [0.2, 0.25) is 0 Å². The number of rotatable bonds is 2. The Morgan fingerprint density at radius 2 is 2.25 bits per heavy atom. The predicted molar refractivity (Wildman–Crippen MR) is 42.8 cm³/mol. The van der Waals surface area contributed by atoms with Gasteiger partial charge in [-0.25, -0.2) is 8.60 Å². The van der Waals surface area contributed by atoms with Crippen LogP contribution in [-0.2, 0) is 15.4 Å². The van der Waals surface area contributed by atoms with E-state index in [9.17, 15) is 8.60 Å². The van der Waals surface area contributed by atoms with Crippen LogP contribution in [0.5, 0.6) is 0 Å². The second-order valence-corrected chi connectivity index (χ2v) is 3.38. The Labute approximate surface area is 72.0 Å². The van der Waals surface area contributed by atoms with Gasteiger partial charge in [-0.05, 0) is 30.7 Å². The van der Waals surface area contributed by atoms with Crippen LogP contribution in [0.4, 0.5) is 4.39 Å². The van der Waals surface area contributed by atoms with Crippen LogP contribution < -0.4 is 5.90 Å². The average molecular weight is 189 g/mol. The van der Waals surface area contributed by atoms with E-state index in [0.717, 1.165) is 0 Å². The highest BCUT2D eigenvalue weighted by Gasteiger charge is 2.04. The lowest BCUT2D eigenvalue weighted by Gasteiger charge is -1.99. The summed E-state index contributed by atoms with van der Waals surface area (Å²) in [4.78, 5) is 0.358. The Morgan fingerprint density at radius 1 is 1.58 bits per heavy atom. The SMILES string of the molecule is Cc1cc(S(=O)ON)ccc1F. The van der Waals surface area contributed by atoms with Crippen molar-refractivity contribution < 1.29 is 12.9 Å². The summed E-state index contributed by atoms with van der Waals surface area (Å²) in [5.41, 5.74) is 0.415. The Hall–Kier alpha value is -0.780. The zero-order chi connectivity index (χ0) is 9.14. The van der Waals surface area contributed by atoms with Crippen LogP contribution in [0.25, 0.3) is 0 Å². The van der Waals surface area contributed by atoms with Crippen LogP contribution >= 0.6 is 0 Å². The summed E-state index contributed by atoms with van der Waals surface area (Å²) in [5.74, 6) is 4.36. The van der Waals surface area contributed by atoms with Crippen molar-refractivity contribution in [2.45, 2.75) is 11.8 Å². The third-order valence-electron chi connectivity index (χ3n) is 1.41. The molecule has 0 radical (unpaired) electrons. The van der Waals surface area contributed by atoms with Crippen molar-refractivity contribution in [2.75, 3.05) is 0 Å². The first-order valence-corrected chi connectivity index (χ1v) is 4.28. The van der Waals surface area contributed by atoms with Gasteiger partial charge < -0.3 is 0 Å². The second kappa shape index (κ2) is 3.75. The lowest BCUT2D eigenvalue weighted by Crippen LogP contribution is -2.03. The minimum Gasteiger partial charge on any atom is -0.223 e. The number of benzene rings is 1. The standard InChI is InChI=1S/C7H8FNO2S/c1-5-4-6(12(10)11-9)2-3-7(5)8/h2-4H,9H2,1H3. The normalized spacial score (nSPS) is 12.9. The van der Waals surface area contributed by atoms with E-state index in [1.807, 2.05) is 0 Å². The molecule has 1 aromatic carbocycles. The zero-order valence-corrected chi connectivity index (χ0v) is 7.23. The Bertz CT molecular complexity index is 316. The van der Waals surface area contributed by atoms with E-state index in [2.05, 4.69) is 4.28 Å². The number of nitrogens with two attached hydrogens (primary N) is 1. The number of halogens is 1. The van der Waals surface area contributed by atoms with Gasteiger partial charge in [0.1, 0.15) is 5.82 Å². The molecule has 5 heteroatoms. The van der Waals surface area contributed by atoms with E-state index < -0.39 is 11.1 Å². The number of hydrogen-bond acceptors (Lipinski definition) is 3. The molecule has 0 saturated carbocycles. The topological polar surface area (TPSA) is 52.3 Å². The summed E-state index contributed by atoms with van der Waals surface area (Å²) < 4.78 is 27.7. The fourth-order valence-corrected chi connectivity index (χ4v) is 1.34. The highest BCUT2D eigenvalue weighted by molar-refractivity contribution is 7.80. The van der Waals surface area contributed by atoms with Crippen LogP contribution in [0.3, 0.4) is 0 Å². The molecule has 12 heavy (non-hydrogen) atoms. The molecule has 1 unspecified atom stereocenters. The van der Waals surface area contributed by atoms with Crippen molar-refractivity contribution in [1.82, 2.24) is 0 Å². The molecule has 0 aliphatic carbocycles. The fraction of sp³-hybridized carbons (Fsp3) is 0.143. The van der Waals surface area contributed by atoms with Crippen LogP contribution in [0.1, 0.15) is 5.56 Å². The molecule has 0 aliphatic rings. The van der Waals surface area contributed by atoms with Crippen molar-refractivity contribution >= 4 is 11.1 Å². The monoisotopic (exact) mass is 189 g/mol. The molecule has 0 bridgehead atoms. The van der Waals surface area contributed by atoms with Gasteiger partial charge in [-0.1, -0.05) is 0 Å². The molecule has 3 nitrogen and oxygen atoms in total. The minimum atomic E-state index is -1.70. The lowest BCUT2D eigenvalue weighted by atomic mass is 10.2. The van der Waals surface area contributed by atoms with Crippen LogP contribution in [0.15, 0.2) is 23.1 Å². The maximum absolute atomic E-state index is 12.7. The maximum Gasteiger partial charge on any atom is 0.206 e. The molecule has 0 aromatic heterocycles. The third kappa shape index (κ3) is 1.88. The molecular formula is C7H8FNO2S. The van der Waals surface area contributed by atoms with Crippen molar-refractivity contribution in [3.05, 3.63) is 29.6 Å². The largest absolute Gasteiger partial charge is 0.223 e. The Kier molecular flexibility index (Phi) is 2.91. The summed E-state index contributed by atoms with van der Waals surface area (Å²) >= 11 is -1.70. The molecule has 2 N–H and O–H groups in total. The minimum absolute atomic E-state index is 0.340.